The molecule has 4 aromatic rings. The van der Waals surface area contributed by atoms with E-state index in [9.17, 15) is 14.7 Å². The molecule has 2 aliphatic rings. The Bertz CT molecular complexity index is 1640. The molecule has 2 unspecified atom stereocenters. The molecular weight excluding hydrogens is 532 g/mol. The third kappa shape index (κ3) is 5.32. The first-order valence-electron chi connectivity index (χ1n) is 14.5. The van der Waals surface area contributed by atoms with Crippen LogP contribution < -0.4 is 15.0 Å². The highest BCUT2D eigenvalue weighted by atomic mass is 16.5. The SMILES string of the molecule is CCC1CCC(=O)N1c1cccc2c(Oc3ncccc3-c3ccnc(NC4CCCN(C(=O)O)C4)n3)c(C)ccc12. The van der Waals surface area contributed by atoms with E-state index in [1.165, 1.54) is 4.90 Å². The van der Waals surface area contributed by atoms with Crippen LogP contribution in [0.4, 0.5) is 16.4 Å². The van der Waals surface area contributed by atoms with E-state index in [1.807, 2.05) is 48.2 Å². The molecule has 6 rings (SSSR count). The number of pyridine rings is 1. The molecule has 2 aromatic heterocycles. The second-order valence-electron chi connectivity index (χ2n) is 10.9. The molecule has 2 atom stereocenters. The van der Waals surface area contributed by atoms with E-state index in [4.69, 9.17) is 9.72 Å². The quantitative estimate of drug-likeness (QED) is 0.269. The minimum atomic E-state index is -0.915. The van der Waals surface area contributed by atoms with Gasteiger partial charge in [-0.2, -0.15) is 0 Å². The Hall–Kier alpha value is -4.73. The molecular formula is C32H34N6O4. The van der Waals surface area contributed by atoms with Gasteiger partial charge in [-0.15, -0.1) is 0 Å². The van der Waals surface area contributed by atoms with Crippen LogP contribution in [0.25, 0.3) is 22.0 Å². The van der Waals surface area contributed by atoms with E-state index in [0.29, 0.717) is 48.3 Å². The van der Waals surface area contributed by atoms with E-state index in [0.717, 1.165) is 47.7 Å². The molecule has 2 N–H and O–H groups in total. The number of nitrogens with zero attached hydrogens (tertiary/aromatic N) is 5. The first-order valence-corrected chi connectivity index (χ1v) is 14.5. The van der Waals surface area contributed by atoms with Gasteiger partial charge in [0.15, 0.2) is 0 Å². The van der Waals surface area contributed by atoms with Gasteiger partial charge < -0.3 is 25.0 Å². The lowest BCUT2D eigenvalue weighted by molar-refractivity contribution is -0.117. The van der Waals surface area contributed by atoms with Gasteiger partial charge in [0.1, 0.15) is 5.75 Å². The van der Waals surface area contributed by atoms with Crippen LogP contribution in [0, 0.1) is 6.92 Å². The molecule has 0 spiro atoms. The zero-order chi connectivity index (χ0) is 29.2. The first kappa shape index (κ1) is 27.4. The van der Waals surface area contributed by atoms with Gasteiger partial charge in [0, 0.05) is 54.8 Å². The van der Waals surface area contributed by atoms with Crippen molar-refractivity contribution < 1.29 is 19.4 Å². The van der Waals surface area contributed by atoms with Gasteiger partial charge in [-0.1, -0.05) is 31.2 Å². The largest absolute Gasteiger partial charge is 0.465 e. The molecule has 0 radical (unpaired) electrons. The molecule has 2 aromatic carbocycles. The third-order valence-corrected chi connectivity index (χ3v) is 8.17. The maximum absolute atomic E-state index is 12.9. The summed E-state index contributed by atoms with van der Waals surface area (Å²) in [7, 11) is 0. The van der Waals surface area contributed by atoms with Crippen LogP contribution >= 0.6 is 0 Å². The summed E-state index contributed by atoms with van der Waals surface area (Å²) in [4.78, 5) is 41.4. The summed E-state index contributed by atoms with van der Waals surface area (Å²) in [6.07, 6.45) is 6.39. The topological polar surface area (TPSA) is 121 Å². The van der Waals surface area contributed by atoms with Crippen molar-refractivity contribution >= 4 is 34.4 Å². The van der Waals surface area contributed by atoms with E-state index < -0.39 is 6.09 Å². The molecule has 2 saturated heterocycles. The fraction of sp³-hybridized carbons (Fsp3) is 0.344. The van der Waals surface area contributed by atoms with Crippen molar-refractivity contribution in [2.75, 3.05) is 23.3 Å². The normalized spacial score (nSPS) is 18.9. The lowest BCUT2D eigenvalue weighted by Crippen LogP contribution is -2.44. The van der Waals surface area contributed by atoms with Crippen molar-refractivity contribution in [3.05, 3.63) is 66.5 Å². The van der Waals surface area contributed by atoms with Gasteiger partial charge in [0.25, 0.3) is 0 Å². The van der Waals surface area contributed by atoms with Crippen molar-refractivity contribution in [1.29, 1.82) is 0 Å². The lowest BCUT2D eigenvalue weighted by Gasteiger charge is -2.31. The predicted molar refractivity (Wildman–Crippen MR) is 161 cm³/mol. The second kappa shape index (κ2) is 11.6. The van der Waals surface area contributed by atoms with Gasteiger partial charge in [-0.05, 0) is 62.4 Å². The molecule has 216 valence electrons. The molecule has 10 nitrogen and oxygen atoms in total. The monoisotopic (exact) mass is 566 g/mol. The van der Waals surface area contributed by atoms with Crippen LogP contribution in [0.5, 0.6) is 11.6 Å². The average Bonchev–Trinajstić information content (AvgIpc) is 3.38. The number of carboxylic acid groups (broad SMARTS) is 1. The summed E-state index contributed by atoms with van der Waals surface area (Å²) in [6.45, 7) is 5.04. The molecule has 0 saturated carbocycles. The van der Waals surface area contributed by atoms with Crippen molar-refractivity contribution in [3.8, 4) is 22.9 Å². The number of hydrogen-bond donors (Lipinski definition) is 2. The molecule has 0 bridgehead atoms. The minimum absolute atomic E-state index is 0.0722. The van der Waals surface area contributed by atoms with Gasteiger partial charge in [0.05, 0.1) is 16.9 Å². The third-order valence-electron chi connectivity index (χ3n) is 8.17. The van der Waals surface area contributed by atoms with Crippen LogP contribution in [-0.2, 0) is 4.79 Å². The number of rotatable bonds is 7. The van der Waals surface area contributed by atoms with E-state index in [2.05, 4.69) is 28.3 Å². The number of hydrogen-bond acceptors (Lipinski definition) is 7. The highest BCUT2D eigenvalue weighted by Gasteiger charge is 2.32. The highest BCUT2D eigenvalue weighted by Crippen LogP contribution is 2.41. The fourth-order valence-corrected chi connectivity index (χ4v) is 6.02. The summed E-state index contributed by atoms with van der Waals surface area (Å²) >= 11 is 0. The Balaban J connectivity index is 1.32. The Morgan fingerprint density at radius 1 is 1.07 bits per heavy atom. The molecule has 2 aliphatic heterocycles. The summed E-state index contributed by atoms with van der Waals surface area (Å²) in [5.74, 6) is 1.66. The van der Waals surface area contributed by atoms with E-state index in [1.54, 1.807) is 18.5 Å². The molecule has 2 amide bonds. The Kier molecular flexibility index (Phi) is 7.60. The molecule has 42 heavy (non-hydrogen) atoms. The van der Waals surface area contributed by atoms with Crippen LogP contribution in [0.3, 0.4) is 0 Å². The van der Waals surface area contributed by atoms with Gasteiger partial charge >= 0.3 is 6.09 Å². The number of ether oxygens (including phenoxy) is 1. The smallest absolute Gasteiger partial charge is 0.407 e. The number of carbonyl (C=O) groups is 2. The first-order chi connectivity index (χ1) is 20.4. The number of anilines is 2. The zero-order valence-electron chi connectivity index (χ0n) is 23.8. The fourth-order valence-electron chi connectivity index (χ4n) is 6.02. The summed E-state index contributed by atoms with van der Waals surface area (Å²) in [6, 6.07) is 15.7. The number of carbonyl (C=O) groups excluding carboxylic acids is 1. The van der Waals surface area contributed by atoms with E-state index >= 15 is 0 Å². The van der Waals surface area contributed by atoms with Crippen molar-refractivity contribution in [2.45, 2.75) is 58.0 Å². The summed E-state index contributed by atoms with van der Waals surface area (Å²) in [5.41, 5.74) is 3.19. The molecule has 10 heteroatoms. The Labute approximate surface area is 244 Å². The molecule has 0 aliphatic carbocycles. The van der Waals surface area contributed by atoms with Crippen molar-refractivity contribution in [2.24, 2.45) is 0 Å². The number of aromatic nitrogens is 3. The minimum Gasteiger partial charge on any atom is -0.465 e. The number of fused-ring (bicyclic) bond motifs is 1. The van der Waals surface area contributed by atoms with Gasteiger partial charge in [-0.25, -0.2) is 19.7 Å². The molecule has 2 fully saturated rings. The molecule has 4 heterocycles. The Morgan fingerprint density at radius 2 is 1.95 bits per heavy atom. The van der Waals surface area contributed by atoms with Crippen LogP contribution in [0.1, 0.15) is 44.6 Å². The van der Waals surface area contributed by atoms with Gasteiger partial charge in [-0.3, -0.25) is 4.79 Å². The number of nitrogens with one attached hydrogen (secondary N) is 1. The maximum atomic E-state index is 12.9. The van der Waals surface area contributed by atoms with Gasteiger partial charge in [0.2, 0.25) is 17.7 Å². The van der Waals surface area contributed by atoms with Crippen LogP contribution in [0.15, 0.2) is 60.9 Å². The van der Waals surface area contributed by atoms with Crippen LogP contribution in [0.2, 0.25) is 0 Å². The number of piperidine rings is 1. The average molecular weight is 567 g/mol. The van der Waals surface area contributed by atoms with Crippen molar-refractivity contribution in [1.82, 2.24) is 19.9 Å². The summed E-state index contributed by atoms with van der Waals surface area (Å²) < 4.78 is 6.57. The van der Waals surface area contributed by atoms with E-state index in [-0.39, 0.29) is 18.0 Å². The second-order valence-corrected chi connectivity index (χ2v) is 10.9. The standard InChI is InChI=1S/C32H34N6O4/c1-3-22-12-14-28(39)38(22)27-10-4-8-24-23(27)13-11-20(2)29(24)42-30-25(9-5-16-33-30)26-15-17-34-31(36-26)35-21-7-6-18-37(19-21)32(40)41/h4-5,8-11,13,15-17,21-22H,3,6-7,12,14,18-19H2,1-2H3,(H,40,41)(H,34,35,36). The van der Waals surface area contributed by atoms with Crippen molar-refractivity contribution in [3.63, 3.8) is 0 Å². The number of aryl methyl sites for hydroxylation is 1. The number of amides is 2. The predicted octanol–water partition coefficient (Wildman–Crippen LogP) is 6.25. The zero-order valence-corrected chi connectivity index (χ0v) is 23.8. The highest BCUT2D eigenvalue weighted by molar-refractivity contribution is 6.07. The lowest BCUT2D eigenvalue weighted by atomic mass is 10.0. The number of likely N-dealkylation sites (tertiary alicyclic amines) is 1. The number of benzene rings is 2. The van der Waals surface area contributed by atoms with Crippen LogP contribution in [-0.4, -0.2) is 62.1 Å². The summed E-state index contributed by atoms with van der Waals surface area (Å²) in [5, 5.41) is 14.6. The maximum Gasteiger partial charge on any atom is 0.407 e. The Morgan fingerprint density at radius 3 is 2.79 bits per heavy atom.